The number of carbonyl (C=O) groups excluding carboxylic acids is 2. The molecule has 0 radical (unpaired) electrons. The van der Waals surface area contributed by atoms with Crippen LogP contribution in [-0.2, 0) is 15.8 Å². The number of nitrogens with one attached hydrogen (secondary N) is 1. The maximum atomic E-state index is 14.4. The Morgan fingerprint density at radius 1 is 1.14 bits per heavy atom. The largest absolute Gasteiger partial charge is 0.416 e. The van der Waals surface area contributed by atoms with Crippen LogP contribution in [0.4, 0.5) is 28.9 Å². The van der Waals surface area contributed by atoms with Gasteiger partial charge < -0.3 is 10.2 Å². The van der Waals surface area contributed by atoms with Crippen molar-refractivity contribution in [3.63, 3.8) is 0 Å². The number of anilines is 2. The molecule has 1 heterocycles. The fraction of sp³-hybridized carbons (Fsp3) is 0.333. The minimum atomic E-state index is -4.43. The third-order valence-corrected chi connectivity index (χ3v) is 5.35. The average Bonchev–Trinajstić information content (AvgIpc) is 3.37. The molecule has 29 heavy (non-hydrogen) atoms. The van der Waals surface area contributed by atoms with Crippen molar-refractivity contribution in [3.8, 4) is 0 Å². The van der Waals surface area contributed by atoms with E-state index < -0.39 is 23.5 Å². The summed E-state index contributed by atoms with van der Waals surface area (Å²) in [5, 5.41) is 2.61. The minimum absolute atomic E-state index is 0.136. The van der Waals surface area contributed by atoms with E-state index >= 15 is 0 Å². The molecular weight excluding hydrogens is 388 g/mol. The Balaban J connectivity index is 1.42. The molecule has 1 saturated heterocycles. The van der Waals surface area contributed by atoms with Gasteiger partial charge in [-0.25, -0.2) is 4.39 Å². The molecule has 0 bridgehead atoms. The maximum Gasteiger partial charge on any atom is 0.416 e. The number of rotatable bonds is 4. The standard InChI is InChI=1S/C21H18F4N2O2/c22-17-10-14(6-7-18(17)27-8-2-5-19(27)28)26-20(29)16-11-15(16)12-3-1-4-13(9-12)21(23,24)25/h1,3-4,6-7,9-10,15-16H,2,5,8,11H2,(H,26,29). The predicted molar refractivity (Wildman–Crippen MR) is 98.9 cm³/mol. The van der Waals surface area contributed by atoms with Crippen molar-refractivity contribution in [2.24, 2.45) is 5.92 Å². The quantitative estimate of drug-likeness (QED) is 0.748. The van der Waals surface area contributed by atoms with E-state index in [1.54, 1.807) is 6.07 Å². The lowest BCUT2D eigenvalue weighted by molar-refractivity contribution is -0.137. The van der Waals surface area contributed by atoms with Crippen LogP contribution in [-0.4, -0.2) is 18.4 Å². The Labute approximate surface area is 164 Å². The zero-order chi connectivity index (χ0) is 20.8. The number of nitrogens with zero attached hydrogens (tertiary/aromatic N) is 1. The van der Waals surface area contributed by atoms with Crippen molar-refractivity contribution < 1.29 is 27.2 Å². The maximum absolute atomic E-state index is 14.4. The first-order valence-electron chi connectivity index (χ1n) is 9.32. The van der Waals surface area contributed by atoms with Crippen molar-refractivity contribution in [3.05, 3.63) is 59.4 Å². The van der Waals surface area contributed by atoms with E-state index in [9.17, 15) is 27.2 Å². The summed E-state index contributed by atoms with van der Waals surface area (Å²) in [4.78, 5) is 25.6. The number of hydrogen-bond acceptors (Lipinski definition) is 2. The summed E-state index contributed by atoms with van der Waals surface area (Å²) in [7, 11) is 0. The van der Waals surface area contributed by atoms with Gasteiger partial charge in [-0.05, 0) is 48.6 Å². The van der Waals surface area contributed by atoms with E-state index in [-0.39, 0.29) is 29.1 Å². The first-order valence-corrected chi connectivity index (χ1v) is 9.32. The Morgan fingerprint density at radius 2 is 1.93 bits per heavy atom. The van der Waals surface area contributed by atoms with Crippen LogP contribution in [0.5, 0.6) is 0 Å². The summed E-state index contributed by atoms with van der Waals surface area (Å²) in [5.41, 5.74) is 0.153. The monoisotopic (exact) mass is 406 g/mol. The molecule has 2 amide bonds. The Morgan fingerprint density at radius 3 is 2.59 bits per heavy atom. The molecule has 2 fully saturated rings. The van der Waals surface area contributed by atoms with Gasteiger partial charge in [-0.1, -0.05) is 18.2 Å². The number of hydrogen-bond donors (Lipinski definition) is 1. The lowest BCUT2D eigenvalue weighted by Gasteiger charge is -2.17. The summed E-state index contributed by atoms with van der Waals surface area (Å²) in [6.07, 6.45) is -2.93. The fourth-order valence-corrected chi connectivity index (χ4v) is 3.74. The van der Waals surface area contributed by atoms with E-state index in [2.05, 4.69) is 5.32 Å². The SMILES string of the molecule is O=C(Nc1ccc(N2CCCC2=O)c(F)c1)C1CC1c1cccc(C(F)(F)F)c1. The van der Waals surface area contributed by atoms with Crippen molar-refractivity contribution in [1.82, 2.24) is 0 Å². The summed E-state index contributed by atoms with van der Waals surface area (Å²) < 4.78 is 53.0. The van der Waals surface area contributed by atoms with E-state index in [1.165, 1.54) is 23.1 Å². The molecule has 2 aromatic carbocycles. The highest BCUT2D eigenvalue weighted by molar-refractivity contribution is 5.97. The van der Waals surface area contributed by atoms with Crippen LogP contribution in [0.3, 0.4) is 0 Å². The summed E-state index contributed by atoms with van der Waals surface area (Å²) >= 11 is 0. The molecule has 2 unspecified atom stereocenters. The molecular formula is C21H18F4N2O2. The van der Waals surface area contributed by atoms with Crippen LogP contribution >= 0.6 is 0 Å². The smallest absolute Gasteiger partial charge is 0.326 e. The van der Waals surface area contributed by atoms with Crippen LogP contribution in [0.15, 0.2) is 42.5 Å². The molecule has 2 atom stereocenters. The molecule has 1 aliphatic carbocycles. The van der Waals surface area contributed by atoms with Crippen molar-refractivity contribution >= 4 is 23.2 Å². The molecule has 2 aliphatic rings. The van der Waals surface area contributed by atoms with Gasteiger partial charge in [0.15, 0.2) is 0 Å². The second-order valence-electron chi connectivity index (χ2n) is 7.38. The third kappa shape index (κ3) is 3.97. The zero-order valence-corrected chi connectivity index (χ0v) is 15.3. The van der Waals surface area contributed by atoms with Gasteiger partial charge in [-0.3, -0.25) is 9.59 Å². The molecule has 1 N–H and O–H groups in total. The lowest BCUT2D eigenvalue weighted by Crippen LogP contribution is -2.24. The topological polar surface area (TPSA) is 49.4 Å². The highest BCUT2D eigenvalue weighted by Crippen LogP contribution is 2.49. The number of carbonyl (C=O) groups is 2. The second kappa shape index (κ2) is 7.17. The molecule has 2 aromatic rings. The minimum Gasteiger partial charge on any atom is -0.326 e. The first-order chi connectivity index (χ1) is 13.7. The van der Waals surface area contributed by atoms with Crippen LogP contribution in [0.2, 0.25) is 0 Å². The van der Waals surface area contributed by atoms with Crippen LogP contribution in [0.25, 0.3) is 0 Å². The van der Waals surface area contributed by atoms with Gasteiger partial charge in [0.1, 0.15) is 5.82 Å². The van der Waals surface area contributed by atoms with E-state index in [4.69, 9.17) is 0 Å². The highest BCUT2D eigenvalue weighted by Gasteiger charge is 2.44. The molecule has 4 nitrogen and oxygen atoms in total. The number of amides is 2. The molecule has 4 rings (SSSR count). The van der Waals surface area contributed by atoms with Gasteiger partial charge in [0, 0.05) is 24.6 Å². The lowest BCUT2D eigenvalue weighted by atomic mass is 10.1. The normalized spacial score (nSPS) is 21.4. The number of benzene rings is 2. The van der Waals surface area contributed by atoms with Gasteiger partial charge in [0.25, 0.3) is 0 Å². The van der Waals surface area contributed by atoms with Crippen LogP contribution in [0.1, 0.15) is 36.3 Å². The van der Waals surface area contributed by atoms with Gasteiger partial charge in [0.05, 0.1) is 11.3 Å². The van der Waals surface area contributed by atoms with Crippen LogP contribution < -0.4 is 10.2 Å². The third-order valence-electron chi connectivity index (χ3n) is 5.35. The molecule has 152 valence electrons. The molecule has 1 saturated carbocycles. The molecule has 8 heteroatoms. The molecule has 0 aromatic heterocycles. The highest BCUT2D eigenvalue weighted by atomic mass is 19.4. The van der Waals surface area contributed by atoms with Crippen molar-refractivity contribution in [2.45, 2.75) is 31.4 Å². The summed E-state index contributed by atoms with van der Waals surface area (Å²) in [6.45, 7) is 0.461. The Bertz CT molecular complexity index is 973. The number of alkyl halides is 3. The fourth-order valence-electron chi connectivity index (χ4n) is 3.74. The Hall–Kier alpha value is -2.90. The summed E-state index contributed by atoms with van der Waals surface area (Å²) in [6, 6.07) is 9.10. The van der Waals surface area contributed by atoms with Crippen LogP contribution in [0, 0.1) is 11.7 Å². The zero-order valence-electron chi connectivity index (χ0n) is 15.3. The summed E-state index contributed by atoms with van der Waals surface area (Å²) in [5.74, 6) is -1.85. The predicted octanol–water partition coefficient (Wildman–Crippen LogP) is 4.71. The number of halogens is 4. The van der Waals surface area contributed by atoms with E-state index in [0.29, 0.717) is 31.4 Å². The molecule has 1 aliphatic heterocycles. The van der Waals surface area contributed by atoms with Gasteiger partial charge in [-0.15, -0.1) is 0 Å². The van der Waals surface area contributed by atoms with Gasteiger partial charge in [0.2, 0.25) is 11.8 Å². The van der Waals surface area contributed by atoms with Crippen molar-refractivity contribution in [1.29, 1.82) is 0 Å². The van der Waals surface area contributed by atoms with Gasteiger partial charge in [-0.2, -0.15) is 13.2 Å². The average molecular weight is 406 g/mol. The Kier molecular flexibility index (Phi) is 4.80. The van der Waals surface area contributed by atoms with E-state index in [0.717, 1.165) is 18.2 Å². The van der Waals surface area contributed by atoms with Crippen molar-refractivity contribution in [2.75, 3.05) is 16.8 Å². The molecule has 0 spiro atoms. The van der Waals surface area contributed by atoms with Gasteiger partial charge >= 0.3 is 6.18 Å². The first kappa shape index (κ1) is 19.4. The second-order valence-corrected chi connectivity index (χ2v) is 7.38. The van der Waals surface area contributed by atoms with E-state index in [1.807, 2.05) is 0 Å².